The van der Waals surface area contributed by atoms with E-state index in [1.807, 2.05) is 0 Å². The van der Waals surface area contributed by atoms with Gasteiger partial charge in [0.15, 0.2) is 0 Å². The second-order valence-corrected chi connectivity index (χ2v) is 6.86. The lowest BCUT2D eigenvalue weighted by Gasteiger charge is -2.47. The van der Waals surface area contributed by atoms with E-state index < -0.39 is 0 Å². The van der Waals surface area contributed by atoms with E-state index in [1.165, 1.54) is 23.7 Å². The summed E-state index contributed by atoms with van der Waals surface area (Å²) in [5, 5.41) is 4.01. The summed E-state index contributed by atoms with van der Waals surface area (Å²) in [7, 11) is 0. The number of hydrogen-bond acceptors (Lipinski definition) is 3. The number of hydrazone groups is 1. The lowest BCUT2D eigenvalue weighted by atomic mass is 9.79. The van der Waals surface area contributed by atoms with Crippen LogP contribution in [0.3, 0.4) is 0 Å². The number of hydrogen-bond donors (Lipinski definition) is 1. The number of carbonyl (C=O) groups excluding carboxylic acids is 1. The molecule has 4 nitrogen and oxygen atoms in total. The Balaban J connectivity index is 2.44. The lowest BCUT2D eigenvalue weighted by Crippen LogP contribution is -2.48. The van der Waals surface area contributed by atoms with Gasteiger partial charge in [-0.15, -0.1) is 0 Å². The summed E-state index contributed by atoms with van der Waals surface area (Å²) >= 11 is 0. The Kier molecular flexibility index (Phi) is 4.59. The minimum atomic E-state index is -0.154. The van der Waals surface area contributed by atoms with Crippen molar-refractivity contribution in [2.24, 2.45) is 5.10 Å². The average molecular weight is 301 g/mol. The summed E-state index contributed by atoms with van der Waals surface area (Å²) in [6.45, 7) is 13.7. The maximum absolute atomic E-state index is 10.9. The highest BCUT2D eigenvalue weighted by Gasteiger charge is 2.35. The second kappa shape index (κ2) is 6.11. The summed E-state index contributed by atoms with van der Waals surface area (Å²) in [6, 6.07) is 4.48. The molecule has 1 aliphatic heterocycles. The van der Waals surface area contributed by atoms with Crippen molar-refractivity contribution in [1.82, 2.24) is 5.43 Å². The van der Waals surface area contributed by atoms with E-state index in [0.717, 1.165) is 18.5 Å². The monoisotopic (exact) mass is 301 g/mol. The van der Waals surface area contributed by atoms with Gasteiger partial charge >= 0.3 is 0 Å². The molecule has 120 valence electrons. The third kappa shape index (κ3) is 3.16. The number of nitrogens with zero attached hydrogens (tertiary/aromatic N) is 2. The molecule has 0 spiro atoms. The topological polar surface area (TPSA) is 44.7 Å². The van der Waals surface area contributed by atoms with Crippen LogP contribution in [0.15, 0.2) is 17.2 Å². The Morgan fingerprint density at radius 3 is 2.77 bits per heavy atom. The van der Waals surface area contributed by atoms with E-state index in [1.54, 1.807) is 6.21 Å². The Morgan fingerprint density at radius 2 is 2.18 bits per heavy atom. The Hall–Kier alpha value is -1.84. The van der Waals surface area contributed by atoms with Crippen LogP contribution in [-0.2, 0) is 4.79 Å². The highest BCUT2D eigenvalue weighted by molar-refractivity contribution is 5.85. The number of anilines is 1. The molecular weight excluding hydrogens is 274 g/mol. The van der Waals surface area contributed by atoms with Gasteiger partial charge in [-0.05, 0) is 68.9 Å². The van der Waals surface area contributed by atoms with Crippen LogP contribution in [-0.4, -0.2) is 24.2 Å². The van der Waals surface area contributed by atoms with Gasteiger partial charge in [-0.1, -0.05) is 6.92 Å². The Morgan fingerprint density at radius 1 is 1.50 bits per heavy atom. The van der Waals surface area contributed by atoms with Crippen molar-refractivity contribution in [3.8, 4) is 0 Å². The largest absolute Gasteiger partial charge is 0.366 e. The molecular formula is C18H27N3O. The Bertz CT molecular complexity index is 605. The fraction of sp³-hybridized carbons (Fsp3) is 0.556. The molecule has 1 aromatic carbocycles. The van der Waals surface area contributed by atoms with Crippen LogP contribution in [0, 0.1) is 6.92 Å². The molecule has 0 fully saturated rings. The molecule has 0 saturated carbocycles. The van der Waals surface area contributed by atoms with Crippen LogP contribution in [0.1, 0.15) is 63.6 Å². The zero-order valence-corrected chi connectivity index (χ0v) is 14.5. The summed E-state index contributed by atoms with van der Waals surface area (Å²) in [6.07, 6.45) is 2.87. The first-order chi connectivity index (χ1) is 10.3. The molecule has 0 bridgehead atoms. The van der Waals surface area contributed by atoms with Crippen LogP contribution in [0.2, 0.25) is 0 Å². The fourth-order valence-corrected chi connectivity index (χ4v) is 3.58. The van der Waals surface area contributed by atoms with Crippen molar-refractivity contribution in [3.05, 3.63) is 28.8 Å². The van der Waals surface area contributed by atoms with Gasteiger partial charge in [0.2, 0.25) is 5.91 Å². The van der Waals surface area contributed by atoms with Gasteiger partial charge in [-0.2, -0.15) is 5.10 Å². The number of benzene rings is 1. The predicted molar refractivity (Wildman–Crippen MR) is 92.7 cm³/mol. The van der Waals surface area contributed by atoms with Crippen LogP contribution in [0.4, 0.5) is 5.69 Å². The standard InChI is InChI=1S/C18H27N3O/c1-7-21-17-8-12(2)15(11-19-20-14(4)22)9-16(17)13(3)10-18(21,5)6/h8-9,11,13H,7,10H2,1-6H3,(H,20,22)/b19-11-/t13-/m0/s1. The average Bonchev–Trinajstić information content (AvgIpc) is 2.39. The van der Waals surface area contributed by atoms with Gasteiger partial charge in [0.25, 0.3) is 0 Å². The zero-order chi connectivity index (χ0) is 16.5. The Labute approximate surface area is 133 Å². The zero-order valence-electron chi connectivity index (χ0n) is 14.5. The molecule has 1 aromatic rings. The second-order valence-electron chi connectivity index (χ2n) is 6.86. The molecule has 0 aliphatic carbocycles. The van der Waals surface area contributed by atoms with Crippen molar-refractivity contribution in [2.45, 2.75) is 59.4 Å². The molecule has 4 heteroatoms. The molecule has 1 aliphatic rings. The minimum absolute atomic E-state index is 0.154. The third-order valence-corrected chi connectivity index (χ3v) is 4.52. The van der Waals surface area contributed by atoms with Crippen molar-refractivity contribution < 1.29 is 4.79 Å². The molecule has 1 atom stereocenters. The summed E-state index contributed by atoms with van der Waals surface area (Å²) in [5.41, 5.74) is 7.59. The van der Waals surface area contributed by atoms with Gasteiger partial charge in [-0.3, -0.25) is 4.79 Å². The predicted octanol–water partition coefficient (Wildman–Crippen LogP) is 3.58. The number of amides is 1. The molecule has 0 aromatic heterocycles. The van der Waals surface area contributed by atoms with Crippen LogP contribution in [0.25, 0.3) is 0 Å². The number of nitrogens with one attached hydrogen (secondary N) is 1. The van der Waals surface area contributed by atoms with E-state index in [4.69, 9.17) is 0 Å². The summed E-state index contributed by atoms with van der Waals surface area (Å²) in [5.74, 6) is 0.362. The van der Waals surface area contributed by atoms with Gasteiger partial charge in [0.1, 0.15) is 0 Å². The van der Waals surface area contributed by atoms with E-state index in [0.29, 0.717) is 5.92 Å². The maximum atomic E-state index is 10.9. The molecule has 22 heavy (non-hydrogen) atoms. The number of aryl methyl sites for hydroxylation is 1. The maximum Gasteiger partial charge on any atom is 0.236 e. The van der Waals surface area contributed by atoms with E-state index in [-0.39, 0.29) is 11.4 Å². The highest BCUT2D eigenvalue weighted by Crippen LogP contribution is 2.43. The van der Waals surface area contributed by atoms with E-state index in [2.05, 4.69) is 62.2 Å². The molecule has 2 rings (SSSR count). The summed E-state index contributed by atoms with van der Waals surface area (Å²) in [4.78, 5) is 13.4. The number of rotatable bonds is 3. The third-order valence-electron chi connectivity index (χ3n) is 4.52. The molecule has 0 unspecified atom stereocenters. The van der Waals surface area contributed by atoms with Crippen LogP contribution < -0.4 is 10.3 Å². The molecule has 1 heterocycles. The van der Waals surface area contributed by atoms with Gasteiger partial charge in [-0.25, -0.2) is 5.43 Å². The van der Waals surface area contributed by atoms with Crippen molar-refractivity contribution in [3.63, 3.8) is 0 Å². The van der Waals surface area contributed by atoms with Crippen molar-refractivity contribution in [2.75, 3.05) is 11.4 Å². The van der Waals surface area contributed by atoms with Crippen molar-refractivity contribution in [1.29, 1.82) is 0 Å². The summed E-state index contributed by atoms with van der Waals surface area (Å²) < 4.78 is 0. The quantitative estimate of drug-likeness (QED) is 0.685. The van der Waals surface area contributed by atoms with E-state index in [9.17, 15) is 4.79 Å². The van der Waals surface area contributed by atoms with Gasteiger partial charge < -0.3 is 4.90 Å². The van der Waals surface area contributed by atoms with E-state index >= 15 is 0 Å². The first-order valence-corrected chi connectivity index (χ1v) is 7.98. The molecule has 1 N–H and O–H groups in total. The number of fused-ring (bicyclic) bond motifs is 1. The van der Waals surface area contributed by atoms with Gasteiger partial charge in [0, 0.05) is 24.7 Å². The molecule has 0 radical (unpaired) electrons. The van der Waals surface area contributed by atoms with Gasteiger partial charge in [0.05, 0.1) is 6.21 Å². The molecule has 1 amide bonds. The number of carbonyl (C=O) groups is 1. The first kappa shape index (κ1) is 16.5. The fourth-order valence-electron chi connectivity index (χ4n) is 3.58. The highest BCUT2D eigenvalue weighted by atomic mass is 16.2. The van der Waals surface area contributed by atoms with Crippen LogP contribution >= 0.6 is 0 Å². The normalized spacial score (nSPS) is 20.1. The molecule has 0 saturated heterocycles. The first-order valence-electron chi connectivity index (χ1n) is 7.98. The SMILES string of the molecule is CCN1c2cc(C)c(/C=N\NC(C)=O)cc2[C@@H](C)CC1(C)C. The minimum Gasteiger partial charge on any atom is -0.366 e. The lowest BCUT2D eigenvalue weighted by molar-refractivity contribution is -0.118. The smallest absolute Gasteiger partial charge is 0.236 e. The van der Waals surface area contributed by atoms with Crippen molar-refractivity contribution >= 4 is 17.8 Å². The van der Waals surface area contributed by atoms with Crippen LogP contribution in [0.5, 0.6) is 0 Å².